The van der Waals surface area contributed by atoms with E-state index >= 15 is 0 Å². The van der Waals surface area contributed by atoms with Crippen LogP contribution in [0.5, 0.6) is 5.75 Å². The molecule has 6 rings (SSSR count). The fraction of sp³-hybridized carbons (Fsp3) is 0.607. The third-order valence-corrected chi connectivity index (χ3v) is 9.20. The van der Waals surface area contributed by atoms with Crippen molar-refractivity contribution in [3.05, 3.63) is 36.4 Å². The molecule has 2 N–H and O–H groups in total. The average Bonchev–Trinajstić information content (AvgIpc) is 3.46. The zero-order chi connectivity index (χ0) is 25.2. The van der Waals surface area contributed by atoms with Gasteiger partial charge in [-0.2, -0.15) is 0 Å². The van der Waals surface area contributed by atoms with Crippen molar-refractivity contribution in [3.63, 3.8) is 0 Å². The maximum absolute atomic E-state index is 13.9. The largest absolute Gasteiger partial charge is 0.497 e. The molecule has 2 aliphatic carbocycles. The highest BCUT2D eigenvalue weighted by Gasteiger charge is 2.74. The summed E-state index contributed by atoms with van der Waals surface area (Å²) < 4.78 is 11.6. The molecule has 8 nitrogen and oxygen atoms in total. The Morgan fingerprint density at radius 3 is 2.53 bits per heavy atom. The van der Waals surface area contributed by atoms with Gasteiger partial charge in [0.2, 0.25) is 17.7 Å². The molecule has 8 heteroatoms. The lowest BCUT2D eigenvalue weighted by atomic mass is 9.73. The maximum Gasteiger partial charge on any atom is 0.246 e. The van der Waals surface area contributed by atoms with Crippen molar-refractivity contribution in [3.8, 4) is 5.75 Å². The van der Waals surface area contributed by atoms with Crippen LogP contribution in [0.1, 0.15) is 46.0 Å². The Bertz CT molecular complexity index is 1100. The molecule has 0 radical (unpaired) electrons. The number of carbonyl (C=O) groups excluding carboxylic acids is 3. The lowest BCUT2D eigenvalue weighted by Crippen LogP contribution is -2.58. The Hall–Kier alpha value is -2.87. The number of likely N-dealkylation sites (tertiary alicyclic amines) is 1. The van der Waals surface area contributed by atoms with E-state index in [0.29, 0.717) is 23.3 Å². The number of nitrogens with one attached hydrogen (secondary N) is 2. The first-order valence-corrected chi connectivity index (χ1v) is 13.3. The Balaban J connectivity index is 1.27. The van der Waals surface area contributed by atoms with Crippen LogP contribution in [-0.4, -0.2) is 59.6 Å². The number of hydrogen-bond acceptors (Lipinski definition) is 5. The molecule has 1 aromatic rings. The molecule has 2 saturated carbocycles. The minimum absolute atomic E-state index is 0.0391. The highest BCUT2D eigenvalue weighted by atomic mass is 16.5. The Labute approximate surface area is 211 Å². The molecule has 1 spiro atoms. The third kappa shape index (κ3) is 3.56. The molecule has 192 valence electrons. The number of rotatable bonds is 6. The van der Waals surface area contributed by atoms with Gasteiger partial charge in [-0.1, -0.05) is 38.8 Å². The minimum atomic E-state index is -1.10. The summed E-state index contributed by atoms with van der Waals surface area (Å²) in [6.07, 6.45) is 8.20. The monoisotopic (exact) mass is 493 g/mol. The van der Waals surface area contributed by atoms with Gasteiger partial charge in [-0.05, 0) is 55.4 Å². The second-order valence-corrected chi connectivity index (χ2v) is 11.3. The van der Waals surface area contributed by atoms with Gasteiger partial charge in [0.1, 0.15) is 17.4 Å². The van der Waals surface area contributed by atoms with Gasteiger partial charge in [-0.25, -0.2) is 0 Å². The summed E-state index contributed by atoms with van der Waals surface area (Å²) in [6, 6.07) is 6.47. The molecule has 1 aromatic carbocycles. The smallest absolute Gasteiger partial charge is 0.246 e. The first-order chi connectivity index (χ1) is 17.3. The van der Waals surface area contributed by atoms with Crippen molar-refractivity contribution in [1.29, 1.82) is 0 Å². The maximum atomic E-state index is 13.9. The molecule has 36 heavy (non-hydrogen) atoms. The summed E-state index contributed by atoms with van der Waals surface area (Å²) in [5.74, 6) is -0.316. The highest BCUT2D eigenvalue weighted by Crippen LogP contribution is 2.57. The predicted octanol–water partition coefficient (Wildman–Crippen LogP) is 2.89. The molecule has 3 heterocycles. The summed E-state index contributed by atoms with van der Waals surface area (Å²) in [7, 11) is 1.59. The molecule has 2 saturated heterocycles. The number of fused-ring (bicyclic) bond motifs is 1. The van der Waals surface area contributed by atoms with E-state index in [1.807, 2.05) is 12.2 Å². The normalized spacial score (nSPS) is 38.7. The van der Waals surface area contributed by atoms with E-state index in [-0.39, 0.29) is 29.8 Å². The second-order valence-electron chi connectivity index (χ2n) is 11.3. The SMILES string of the molecule is COc1ccc(NC(=O)C2C3C=CC4(O3)C2C(=O)N(C2CC2)C4C(=O)NC2CCCC(C)C2C)cc1. The summed E-state index contributed by atoms with van der Waals surface area (Å²) in [5.41, 5.74) is -0.472. The number of hydrogen-bond donors (Lipinski definition) is 2. The van der Waals surface area contributed by atoms with Crippen LogP contribution in [-0.2, 0) is 19.1 Å². The number of amides is 3. The molecular formula is C28H35N3O5. The second kappa shape index (κ2) is 8.61. The van der Waals surface area contributed by atoms with Gasteiger partial charge in [0.05, 0.1) is 25.0 Å². The van der Waals surface area contributed by atoms with Crippen LogP contribution in [0.3, 0.4) is 0 Å². The van der Waals surface area contributed by atoms with Gasteiger partial charge in [0.15, 0.2) is 0 Å². The lowest BCUT2D eigenvalue weighted by Gasteiger charge is -2.38. The van der Waals surface area contributed by atoms with E-state index in [1.165, 1.54) is 6.42 Å². The molecule has 8 unspecified atom stereocenters. The fourth-order valence-corrected chi connectivity index (χ4v) is 6.90. The first-order valence-electron chi connectivity index (χ1n) is 13.3. The van der Waals surface area contributed by atoms with Crippen LogP contribution in [0, 0.1) is 23.7 Å². The highest BCUT2D eigenvalue weighted by molar-refractivity contribution is 6.03. The van der Waals surface area contributed by atoms with E-state index < -0.39 is 29.6 Å². The number of methoxy groups -OCH3 is 1. The van der Waals surface area contributed by atoms with E-state index in [1.54, 1.807) is 36.3 Å². The fourth-order valence-electron chi connectivity index (χ4n) is 6.90. The average molecular weight is 494 g/mol. The molecule has 5 aliphatic rings. The molecule has 3 amide bonds. The van der Waals surface area contributed by atoms with Crippen LogP contribution in [0.4, 0.5) is 5.69 Å². The third-order valence-electron chi connectivity index (χ3n) is 9.20. The van der Waals surface area contributed by atoms with Crippen molar-refractivity contribution in [2.45, 2.75) is 75.8 Å². The van der Waals surface area contributed by atoms with Crippen LogP contribution >= 0.6 is 0 Å². The zero-order valence-electron chi connectivity index (χ0n) is 21.1. The lowest BCUT2D eigenvalue weighted by molar-refractivity contribution is -0.142. The number of anilines is 1. The van der Waals surface area contributed by atoms with Gasteiger partial charge in [-0.3, -0.25) is 14.4 Å². The zero-order valence-corrected chi connectivity index (χ0v) is 21.1. The summed E-state index contributed by atoms with van der Waals surface area (Å²) in [4.78, 5) is 43.0. The first kappa shape index (κ1) is 23.5. The van der Waals surface area contributed by atoms with Gasteiger partial charge >= 0.3 is 0 Å². The molecule has 2 bridgehead atoms. The standard InChI is InChI=1S/C28H35N3O5/c1-15-5-4-6-20(16(15)2)30-26(33)24-28-14-13-21(36-28)22(23(28)27(34)31(24)18-9-10-18)25(32)29-17-7-11-19(35-3)12-8-17/h7-8,11-16,18,20-24H,4-6,9-10H2,1-3H3,(H,29,32)(H,30,33). The van der Waals surface area contributed by atoms with Crippen LogP contribution in [0.25, 0.3) is 0 Å². The number of benzene rings is 1. The topological polar surface area (TPSA) is 97.0 Å². The summed E-state index contributed by atoms with van der Waals surface area (Å²) >= 11 is 0. The van der Waals surface area contributed by atoms with Crippen molar-refractivity contribution in [2.24, 2.45) is 23.7 Å². The molecule has 0 aromatic heterocycles. The molecule has 8 atom stereocenters. The quantitative estimate of drug-likeness (QED) is 0.594. The Morgan fingerprint density at radius 2 is 1.83 bits per heavy atom. The van der Waals surface area contributed by atoms with Crippen molar-refractivity contribution in [2.75, 3.05) is 12.4 Å². The van der Waals surface area contributed by atoms with Gasteiger partial charge in [0, 0.05) is 17.8 Å². The van der Waals surface area contributed by atoms with Crippen molar-refractivity contribution >= 4 is 23.4 Å². The van der Waals surface area contributed by atoms with Crippen LogP contribution < -0.4 is 15.4 Å². The Kier molecular flexibility index (Phi) is 5.63. The molecule has 3 aliphatic heterocycles. The van der Waals surface area contributed by atoms with Crippen LogP contribution in [0.15, 0.2) is 36.4 Å². The van der Waals surface area contributed by atoms with Crippen molar-refractivity contribution in [1.82, 2.24) is 10.2 Å². The minimum Gasteiger partial charge on any atom is -0.497 e. The molecular weight excluding hydrogens is 458 g/mol. The predicted molar refractivity (Wildman–Crippen MR) is 133 cm³/mol. The van der Waals surface area contributed by atoms with E-state index in [9.17, 15) is 14.4 Å². The summed E-state index contributed by atoms with van der Waals surface area (Å²) in [5, 5.41) is 6.25. The van der Waals surface area contributed by atoms with Crippen LogP contribution in [0.2, 0.25) is 0 Å². The number of nitrogens with zero attached hydrogens (tertiary/aromatic N) is 1. The van der Waals surface area contributed by atoms with Gasteiger partial charge < -0.3 is 25.0 Å². The summed E-state index contributed by atoms with van der Waals surface area (Å²) in [6.45, 7) is 4.44. The number of carbonyl (C=O) groups is 3. The molecule has 4 fully saturated rings. The van der Waals surface area contributed by atoms with Crippen molar-refractivity contribution < 1.29 is 23.9 Å². The van der Waals surface area contributed by atoms with Gasteiger partial charge in [-0.15, -0.1) is 0 Å². The number of ether oxygens (including phenoxy) is 2. The van der Waals surface area contributed by atoms with E-state index in [4.69, 9.17) is 9.47 Å². The van der Waals surface area contributed by atoms with E-state index in [0.717, 1.165) is 25.7 Å². The van der Waals surface area contributed by atoms with E-state index in [2.05, 4.69) is 24.5 Å². The van der Waals surface area contributed by atoms with Gasteiger partial charge in [0.25, 0.3) is 0 Å². The Morgan fingerprint density at radius 1 is 1.08 bits per heavy atom.